The number of aromatic amines is 1. The van der Waals surface area contributed by atoms with Crippen molar-refractivity contribution in [3.05, 3.63) is 54.1 Å². The molecule has 2 aromatic carbocycles. The standard InChI is InChI=1S/C19H21N3O/c1-13-11-15(14-7-9-16(23-2)10-8-14)12-22(13)19-20-17-5-3-4-6-18(17)21-19/h3-10,13,15H,11-12H2,1-2H3,(H,20,21). The molecule has 0 spiro atoms. The molecule has 1 aromatic heterocycles. The predicted octanol–water partition coefficient (Wildman–Crippen LogP) is 3.95. The van der Waals surface area contributed by atoms with E-state index in [0.29, 0.717) is 12.0 Å². The molecule has 1 aliphatic rings. The van der Waals surface area contributed by atoms with Gasteiger partial charge in [0, 0.05) is 18.5 Å². The number of H-pyrrole nitrogens is 1. The van der Waals surface area contributed by atoms with Crippen molar-refractivity contribution in [2.45, 2.75) is 25.3 Å². The second-order valence-corrected chi connectivity index (χ2v) is 6.28. The fourth-order valence-electron chi connectivity index (χ4n) is 3.52. The first-order valence-electron chi connectivity index (χ1n) is 8.10. The van der Waals surface area contributed by atoms with Crippen molar-refractivity contribution in [3.63, 3.8) is 0 Å². The van der Waals surface area contributed by atoms with Gasteiger partial charge in [0.25, 0.3) is 0 Å². The van der Waals surface area contributed by atoms with Crippen molar-refractivity contribution >= 4 is 17.0 Å². The Bertz CT molecular complexity index is 776. The molecule has 4 nitrogen and oxygen atoms in total. The van der Waals surface area contributed by atoms with Crippen LogP contribution in [0.5, 0.6) is 5.75 Å². The third kappa shape index (κ3) is 2.54. The topological polar surface area (TPSA) is 41.1 Å². The zero-order valence-corrected chi connectivity index (χ0v) is 13.5. The number of aromatic nitrogens is 2. The molecule has 1 fully saturated rings. The summed E-state index contributed by atoms with van der Waals surface area (Å²) in [6.07, 6.45) is 1.14. The van der Waals surface area contributed by atoms with E-state index >= 15 is 0 Å². The number of benzene rings is 2. The second kappa shape index (κ2) is 5.61. The van der Waals surface area contributed by atoms with Crippen molar-refractivity contribution in [3.8, 4) is 5.75 Å². The number of anilines is 1. The Kier molecular flexibility index (Phi) is 3.45. The van der Waals surface area contributed by atoms with E-state index in [9.17, 15) is 0 Å². The van der Waals surface area contributed by atoms with Gasteiger partial charge in [-0.2, -0.15) is 0 Å². The normalized spacial score (nSPS) is 21.0. The van der Waals surface area contributed by atoms with Crippen molar-refractivity contribution in [2.24, 2.45) is 0 Å². The molecular formula is C19H21N3O. The molecule has 1 N–H and O–H groups in total. The molecule has 4 heteroatoms. The largest absolute Gasteiger partial charge is 0.497 e. The van der Waals surface area contributed by atoms with Gasteiger partial charge in [0.2, 0.25) is 5.95 Å². The van der Waals surface area contributed by atoms with Crippen molar-refractivity contribution in [2.75, 3.05) is 18.6 Å². The summed E-state index contributed by atoms with van der Waals surface area (Å²) in [6.45, 7) is 3.27. The first-order valence-corrected chi connectivity index (χ1v) is 8.10. The summed E-state index contributed by atoms with van der Waals surface area (Å²) in [6, 6.07) is 17.1. The monoisotopic (exact) mass is 307 g/mol. The van der Waals surface area contributed by atoms with E-state index in [-0.39, 0.29) is 0 Å². The summed E-state index contributed by atoms with van der Waals surface area (Å²) in [7, 11) is 1.70. The zero-order valence-electron chi connectivity index (χ0n) is 13.5. The zero-order chi connectivity index (χ0) is 15.8. The van der Waals surface area contributed by atoms with Crippen LogP contribution in [0, 0.1) is 0 Å². The van der Waals surface area contributed by atoms with Crippen LogP contribution in [0.4, 0.5) is 5.95 Å². The Labute approximate surface area is 136 Å². The number of ether oxygens (including phenoxy) is 1. The fraction of sp³-hybridized carbons (Fsp3) is 0.316. The lowest BCUT2D eigenvalue weighted by Gasteiger charge is -2.20. The molecule has 0 bridgehead atoms. The quantitative estimate of drug-likeness (QED) is 0.796. The molecule has 3 aromatic rings. The summed E-state index contributed by atoms with van der Waals surface area (Å²) in [5.41, 5.74) is 3.50. The molecule has 2 heterocycles. The highest BCUT2D eigenvalue weighted by Gasteiger charge is 2.31. The Morgan fingerprint density at radius 2 is 1.91 bits per heavy atom. The molecule has 118 valence electrons. The molecule has 0 amide bonds. The smallest absolute Gasteiger partial charge is 0.204 e. The van der Waals surface area contributed by atoms with Crippen molar-refractivity contribution in [1.82, 2.24) is 9.97 Å². The number of nitrogens with one attached hydrogen (secondary N) is 1. The summed E-state index contributed by atoms with van der Waals surface area (Å²) in [4.78, 5) is 10.6. The number of nitrogens with zero attached hydrogens (tertiary/aromatic N) is 2. The van der Waals surface area contributed by atoms with E-state index in [1.807, 2.05) is 24.3 Å². The molecule has 4 rings (SSSR count). The minimum atomic E-state index is 0.475. The molecular weight excluding hydrogens is 286 g/mol. The fourth-order valence-corrected chi connectivity index (χ4v) is 3.52. The third-order valence-corrected chi connectivity index (χ3v) is 4.81. The number of methoxy groups -OCH3 is 1. The van der Waals surface area contributed by atoms with Crippen LogP contribution in [-0.4, -0.2) is 29.7 Å². The van der Waals surface area contributed by atoms with E-state index in [0.717, 1.165) is 35.7 Å². The number of imidazole rings is 1. The maximum absolute atomic E-state index is 5.25. The van der Waals surface area contributed by atoms with E-state index in [1.165, 1.54) is 5.56 Å². The maximum Gasteiger partial charge on any atom is 0.204 e. The van der Waals surface area contributed by atoms with Crippen molar-refractivity contribution < 1.29 is 4.74 Å². The van der Waals surface area contributed by atoms with Gasteiger partial charge in [-0.3, -0.25) is 0 Å². The SMILES string of the molecule is COc1ccc(C2CC(C)N(c3nc4ccccc4[nH]3)C2)cc1. The number of para-hydroxylation sites is 2. The third-order valence-electron chi connectivity index (χ3n) is 4.81. The lowest BCUT2D eigenvalue weighted by molar-refractivity contribution is 0.414. The second-order valence-electron chi connectivity index (χ2n) is 6.28. The summed E-state index contributed by atoms with van der Waals surface area (Å²) < 4.78 is 5.25. The Balaban J connectivity index is 1.58. The van der Waals surface area contributed by atoms with Crippen LogP contribution >= 0.6 is 0 Å². The Morgan fingerprint density at radius 3 is 2.65 bits per heavy atom. The molecule has 1 aliphatic heterocycles. The van der Waals surface area contributed by atoms with Gasteiger partial charge in [-0.05, 0) is 43.2 Å². The predicted molar refractivity (Wildman–Crippen MR) is 93.3 cm³/mol. The number of hydrogen-bond donors (Lipinski definition) is 1. The summed E-state index contributed by atoms with van der Waals surface area (Å²) in [5.74, 6) is 2.42. The lowest BCUT2D eigenvalue weighted by atomic mass is 9.97. The van der Waals surface area contributed by atoms with E-state index < -0.39 is 0 Å². The van der Waals surface area contributed by atoms with Gasteiger partial charge in [0.05, 0.1) is 18.1 Å². The van der Waals surface area contributed by atoms with Gasteiger partial charge in [-0.15, -0.1) is 0 Å². The highest BCUT2D eigenvalue weighted by molar-refractivity contribution is 5.77. The minimum Gasteiger partial charge on any atom is -0.497 e. The van der Waals surface area contributed by atoms with Crippen molar-refractivity contribution in [1.29, 1.82) is 0 Å². The van der Waals surface area contributed by atoms with Gasteiger partial charge in [0.15, 0.2) is 0 Å². The Morgan fingerprint density at radius 1 is 1.13 bits per heavy atom. The number of fused-ring (bicyclic) bond motifs is 1. The van der Waals surface area contributed by atoms with Gasteiger partial charge < -0.3 is 14.6 Å². The highest BCUT2D eigenvalue weighted by atomic mass is 16.5. The average molecular weight is 307 g/mol. The maximum atomic E-state index is 5.25. The first-order chi connectivity index (χ1) is 11.2. The van der Waals surface area contributed by atoms with Crippen LogP contribution in [0.1, 0.15) is 24.8 Å². The van der Waals surface area contributed by atoms with Gasteiger partial charge >= 0.3 is 0 Å². The van der Waals surface area contributed by atoms with Crippen LogP contribution < -0.4 is 9.64 Å². The highest BCUT2D eigenvalue weighted by Crippen LogP contribution is 2.35. The molecule has 0 radical (unpaired) electrons. The van der Waals surface area contributed by atoms with E-state index in [4.69, 9.17) is 9.72 Å². The molecule has 0 aliphatic carbocycles. The van der Waals surface area contributed by atoms with Gasteiger partial charge in [0.1, 0.15) is 5.75 Å². The van der Waals surface area contributed by atoms with Crippen LogP contribution in [0.15, 0.2) is 48.5 Å². The lowest BCUT2D eigenvalue weighted by Crippen LogP contribution is -2.27. The van der Waals surface area contributed by atoms with Crippen LogP contribution in [0.2, 0.25) is 0 Å². The van der Waals surface area contributed by atoms with Crippen LogP contribution in [0.3, 0.4) is 0 Å². The molecule has 1 saturated heterocycles. The number of hydrogen-bond acceptors (Lipinski definition) is 3. The van der Waals surface area contributed by atoms with E-state index in [1.54, 1.807) is 7.11 Å². The molecule has 2 unspecified atom stereocenters. The molecule has 23 heavy (non-hydrogen) atoms. The number of rotatable bonds is 3. The average Bonchev–Trinajstić information content (AvgIpc) is 3.18. The van der Waals surface area contributed by atoms with Gasteiger partial charge in [-0.1, -0.05) is 24.3 Å². The summed E-state index contributed by atoms with van der Waals surface area (Å²) >= 11 is 0. The first kappa shape index (κ1) is 14.1. The van der Waals surface area contributed by atoms with Crippen LogP contribution in [0.25, 0.3) is 11.0 Å². The summed E-state index contributed by atoms with van der Waals surface area (Å²) in [5, 5.41) is 0. The minimum absolute atomic E-state index is 0.475. The van der Waals surface area contributed by atoms with Crippen LogP contribution in [-0.2, 0) is 0 Å². The van der Waals surface area contributed by atoms with Gasteiger partial charge in [-0.25, -0.2) is 4.98 Å². The van der Waals surface area contributed by atoms with E-state index in [2.05, 4.69) is 41.1 Å². The molecule has 0 saturated carbocycles. The Hall–Kier alpha value is -2.49. The molecule has 2 atom stereocenters.